The fraction of sp³-hybridized carbons (Fsp3) is 0.941. The van der Waals surface area contributed by atoms with Crippen LogP contribution in [0.5, 0.6) is 0 Å². The lowest BCUT2D eigenvalue weighted by Gasteiger charge is -2.35. The Morgan fingerprint density at radius 2 is 2.00 bits per heavy atom. The van der Waals surface area contributed by atoms with Crippen LogP contribution in [0.25, 0.3) is 0 Å². The summed E-state index contributed by atoms with van der Waals surface area (Å²) in [6.45, 7) is 8.52. The number of aliphatic imine (C=N–C) groups is 1. The average Bonchev–Trinajstić information content (AvgIpc) is 2.59. The van der Waals surface area contributed by atoms with Crippen LogP contribution in [-0.4, -0.2) is 77.1 Å². The lowest BCUT2D eigenvalue weighted by Crippen LogP contribution is -2.46. The van der Waals surface area contributed by atoms with Crippen LogP contribution in [0.4, 0.5) is 0 Å². The third-order valence-electron chi connectivity index (χ3n) is 4.33. The first kappa shape index (κ1) is 20.2. The van der Waals surface area contributed by atoms with Crippen molar-refractivity contribution >= 4 is 5.96 Å². The maximum absolute atomic E-state index is 5.44. The number of ether oxygens (including phenoxy) is 2. The van der Waals surface area contributed by atoms with Crippen molar-refractivity contribution in [3.05, 3.63) is 0 Å². The summed E-state index contributed by atoms with van der Waals surface area (Å²) in [5.74, 6) is 0.881. The molecule has 0 spiro atoms. The molecule has 0 aromatic rings. The molecule has 1 saturated heterocycles. The molecule has 1 fully saturated rings. The molecule has 0 aromatic heterocycles. The molecule has 2 N–H and O–H groups in total. The molecule has 136 valence electrons. The molecule has 1 aliphatic heterocycles. The summed E-state index contributed by atoms with van der Waals surface area (Å²) in [6, 6.07) is 0.768. The molecular weight excluding hydrogens is 292 g/mol. The van der Waals surface area contributed by atoms with Gasteiger partial charge in [0.1, 0.15) is 0 Å². The molecule has 6 heteroatoms. The SMILES string of the molecule is CCC1CCCCN1CCNC(=NC)NCCCOCCOC. The van der Waals surface area contributed by atoms with Crippen molar-refractivity contribution in [2.45, 2.75) is 45.1 Å². The highest BCUT2D eigenvalue weighted by atomic mass is 16.5. The van der Waals surface area contributed by atoms with Gasteiger partial charge in [0, 0.05) is 46.4 Å². The molecule has 1 atom stereocenters. The Bertz CT molecular complexity index is 313. The minimum absolute atomic E-state index is 0.659. The molecular formula is C17H36N4O2. The lowest BCUT2D eigenvalue weighted by molar-refractivity contribution is 0.0698. The number of hydrogen-bond donors (Lipinski definition) is 2. The van der Waals surface area contributed by atoms with Gasteiger partial charge < -0.3 is 20.1 Å². The molecule has 1 heterocycles. The number of nitrogens with one attached hydrogen (secondary N) is 2. The third-order valence-corrected chi connectivity index (χ3v) is 4.33. The van der Waals surface area contributed by atoms with Crippen molar-refractivity contribution in [2.75, 3.05) is 60.2 Å². The Morgan fingerprint density at radius 1 is 1.17 bits per heavy atom. The average molecular weight is 329 g/mol. The van der Waals surface area contributed by atoms with E-state index in [1.54, 1.807) is 7.11 Å². The molecule has 1 rings (SSSR count). The van der Waals surface area contributed by atoms with Crippen LogP contribution in [0.1, 0.15) is 39.0 Å². The second-order valence-electron chi connectivity index (χ2n) is 5.98. The van der Waals surface area contributed by atoms with Crippen LogP contribution < -0.4 is 10.6 Å². The highest BCUT2D eigenvalue weighted by Gasteiger charge is 2.19. The molecule has 0 amide bonds. The summed E-state index contributed by atoms with van der Waals surface area (Å²) in [5.41, 5.74) is 0. The lowest BCUT2D eigenvalue weighted by atomic mass is 10.0. The van der Waals surface area contributed by atoms with Crippen LogP contribution in [0.3, 0.4) is 0 Å². The molecule has 1 aliphatic rings. The van der Waals surface area contributed by atoms with Crippen LogP contribution >= 0.6 is 0 Å². The Balaban J connectivity index is 2.07. The van der Waals surface area contributed by atoms with Gasteiger partial charge in [-0.3, -0.25) is 9.89 Å². The number of guanidine groups is 1. The normalized spacial score (nSPS) is 19.8. The van der Waals surface area contributed by atoms with E-state index in [1.165, 1.54) is 32.2 Å². The first-order chi connectivity index (χ1) is 11.3. The monoisotopic (exact) mass is 328 g/mol. The number of hydrogen-bond acceptors (Lipinski definition) is 4. The Kier molecular flexibility index (Phi) is 11.9. The van der Waals surface area contributed by atoms with Crippen LogP contribution in [0, 0.1) is 0 Å². The minimum atomic E-state index is 0.659. The van der Waals surface area contributed by atoms with Gasteiger partial charge in [-0.05, 0) is 32.2 Å². The van der Waals surface area contributed by atoms with Gasteiger partial charge in [-0.15, -0.1) is 0 Å². The van der Waals surface area contributed by atoms with E-state index in [2.05, 4.69) is 27.4 Å². The molecule has 0 radical (unpaired) electrons. The Morgan fingerprint density at radius 3 is 2.74 bits per heavy atom. The quantitative estimate of drug-likeness (QED) is 0.342. The molecule has 0 aromatic carbocycles. The second kappa shape index (κ2) is 13.6. The Labute approximate surface area is 142 Å². The zero-order chi connectivity index (χ0) is 16.8. The van der Waals surface area contributed by atoms with Crippen molar-refractivity contribution in [3.8, 4) is 0 Å². The maximum atomic E-state index is 5.44. The number of methoxy groups -OCH3 is 1. The third kappa shape index (κ3) is 9.13. The van der Waals surface area contributed by atoms with Crippen LogP contribution in [-0.2, 0) is 9.47 Å². The van der Waals surface area contributed by atoms with Gasteiger partial charge in [0.25, 0.3) is 0 Å². The van der Waals surface area contributed by atoms with Crippen molar-refractivity contribution in [1.82, 2.24) is 15.5 Å². The van der Waals surface area contributed by atoms with Crippen LogP contribution in [0.2, 0.25) is 0 Å². The molecule has 0 aliphatic carbocycles. The number of rotatable bonds is 11. The zero-order valence-corrected chi connectivity index (χ0v) is 15.3. The minimum Gasteiger partial charge on any atom is -0.382 e. The highest BCUT2D eigenvalue weighted by Crippen LogP contribution is 2.18. The topological polar surface area (TPSA) is 58.1 Å². The van der Waals surface area contributed by atoms with E-state index in [1.807, 2.05) is 7.05 Å². The summed E-state index contributed by atoms with van der Waals surface area (Å²) in [6.07, 6.45) is 6.31. The van der Waals surface area contributed by atoms with Crippen molar-refractivity contribution in [3.63, 3.8) is 0 Å². The van der Waals surface area contributed by atoms with Gasteiger partial charge in [0.05, 0.1) is 13.2 Å². The van der Waals surface area contributed by atoms with Gasteiger partial charge in [-0.25, -0.2) is 0 Å². The van der Waals surface area contributed by atoms with E-state index < -0.39 is 0 Å². The van der Waals surface area contributed by atoms with Crippen molar-refractivity contribution < 1.29 is 9.47 Å². The van der Waals surface area contributed by atoms with Crippen molar-refractivity contribution in [2.24, 2.45) is 4.99 Å². The van der Waals surface area contributed by atoms with Gasteiger partial charge in [-0.1, -0.05) is 13.3 Å². The van der Waals surface area contributed by atoms with E-state index in [9.17, 15) is 0 Å². The molecule has 6 nitrogen and oxygen atoms in total. The number of piperidine rings is 1. The van der Waals surface area contributed by atoms with E-state index in [-0.39, 0.29) is 0 Å². The number of likely N-dealkylation sites (tertiary alicyclic amines) is 1. The first-order valence-corrected chi connectivity index (χ1v) is 9.07. The largest absolute Gasteiger partial charge is 0.382 e. The van der Waals surface area contributed by atoms with Gasteiger partial charge in [0.15, 0.2) is 5.96 Å². The van der Waals surface area contributed by atoms with Crippen LogP contribution in [0.15, 0.2) is 4.99 Å². The fourth-order valence-electron chi connectivity index (χ4n) is 2.98. The molecule has 23 heavy (non-hydrogen) atoms. The molecule has 1 unspecified atom stereocenters. The Hall–Kier alpha value is -0.850. The highest BCUT2D eigenvalue weighted by molar-refractivity contribution is 5.79. The predicted molar refractivity (Wildman–Crippen MR) is 96.2 cm³/mol. The van der Waals surface area contributed by atoms with Gasteiger partial charge >= 0.3 is 0 Å². The summed E-state index contributed by atoms with van der Waals surface area (Å²) in [4.78, 5) is 6.89. The second-order valence-corrected chi connectivity index (χ2v) is 5.98. The van der Waals surface area contributed by atoms with E-state index >= 15 is 0 Å². The van der Waals surface area contributed by atoms with Gasteiger partial charge in [-0.2, -0.15) is 0 Å². The summed E-state index contributed by atoms with van der Waals surface area (Å²) >= 11 is 0. The van der Waals surface area contributed by atoms with Gasteiger partial charge in [0.2, 0.25) is 0 Å². The van der Waals surface area contributed by atoms with Crippen molar-refractivity contribution in [1.29, 1.82) is 0 Å². The fourth-order valence-corrected chi connectivity index (χ4v) is 2.98. The molecule has 0 bridgehead atoms. The summed E-state index contributed by atoms with van der Waals surface area (Å²) in [7, 11) is 3.51. The number of nitrogens with zero attached hydrogens (tertiary/aromatic N) is 2. The smallest absolute Gasteiger partial charge is 0.191 e. The van der Waals surface area contributed by atoms with E-state index in [4.69, 9.17) is 9.47 Å². The summed E-state index contributed by atoms with van der Waals surface area (Å²) < 4.78 is 10.4. The maximum Gasteiger partial charge on any atom is 0.191 e. The van der Waals surface area contributed by atoms with E-state index in [0.29, 0.717) is 13.2 Å². The molecule has 0 saturated carbocycles. The van der Waals surface area contributed by atoms with E-state index in [0.717, 1.165) is 44.7 Å². The predicted octanol–water partition coefficient (Wildman–Crippen LogP) is 1.47. The summed E-state index contributed by atoms with van der Waals surface area (Å²) in [5, 5.41) is 6.74. The standard InChI is InChI=1S/C17H36N4O2/c1-4-16-8-5-6-11-21(16)12-10-20-17(18-2)19-9-7-13-23-15-14-22-3/h16H,4-15H2,1-3H3,(H2,18,19,20). The zero-order valence-electron chi connectivity index (χ0n) is 15.3. The first-order valence-electron chi connectivity index (χ1n) is 9.07.